The lowest BCUT2D eigenvalue weighted by Crippen LogP contribution is -2.30. The average Bonchev–Trinajstić information content (AvgIpc) is 1.85. The molecule has 0 aromatic carbocycles. The Morgan fingerprint density at radius 2 is 2.36 bits per heavy atom. The van der Waals surface area contributed by atoms with E-state index >= 15 is 0 Å². The lowest BCUT2D eigenvalue weighted by Gasteiger charge is -2.05. The number of allylic oxidation sites excluding steroid dienone is 1. The van der Waals surface area contributed by atoms with E-state index in [4.69, 9.17) is 11.6 Å². The Bertz CT molecular complexity index is 271. The fourth-order valence-electron chi connectivity index (χ4n) is 0.653. The van der Waals surface area contributed by atoms with E-state index in [0.717, 1.165) is 6.21 Å². The first kappa shape index (κ1) is 7.87. The predicted octanol–water partition coefficient (Wildman–Crippen LogP) is 0.365. The van der Waals surface area contributed by atoms with Gasteiger partial charge in [0.25, 0.3) is 0 Å². The lowest BCUT2D eigenvalue weighted by molar-refractivity contribution is -0.496. The number of hydrogen-bond donors (Lipinski definition) is 0. The van der Waals surface area contributed by atoms with E-state index in [9.17, 15) is 14.9 Å². The summed E-state index contributed by atoms with van der Waals surface area (Å²) in [5, 5.41) is 10.1. The molecule has 0 saturated heterocycles. The van der Waals surface area contributed by atoms with Gasteiger partial charge >= 0.3 is 11.9 Å². The molecule has 5 nitrogen and oxygen atoms in total. The highest BCUT2D eigenvalue weighted by Gasteiger charge is 2.34. The Kier molecular flexibility index (Phi) is 2.00. The standard InChI is InChI=1S/C5H3ClN2O3/c6-3-1-2-7-5(9)4(3)8(10)11/h1-2,4H. The van der Waals surface area contributed by atoms with Crippen molar-refractivity contribution in [2.75, 3.05) is 0 Å². The molecule has 1 heterocycles. The zero-order valence-corrected chi connectivity index (χ0v) is 5.99. The van der Waals surface area contributed by atoms with Crippen molar-refractivity contribution in [3.05, 3.63) is 21.2 Å². The van der Waals surface area contributed by atoms with E-state index in [0.29, 0.717) is 0 Å². The third kappa shape index (κ3) is 1.43. The minimum Gasteiger partial charge on any atom is -0.264 e. The van der Waals surface area contributed by atoms with Crippen molar-refractivity contribution in [3.8, 4) is 0 Å². The molecule has 0 fully saturated rings. The third-order valence-corrected chi connectivity index (χ3v) is 1.47. The summed E-state index contributed by atoms with van der Waals surface area (Å²) in [6.45, 7) is 0. The molecule has 0 bridgehead atoms. The molecule has 0 N–H and O–H groups in total. The predicted molar refractivity (Wildman–Crippen MR) is 38.2 cm³/mol. The molecule has 0 saturated carbocycles. The Labute approximate surface area is 66.5 Å². The number of rotatable bonds is 1. The summed E-state index contributed by atoms with van der Waals surface area (Å²) >= 11 is 5.38. The molecule has 0 aliphatic carbocycles. The number of nitro groups is 1. The van der Waals surface area contributed by atoms with Crippen LogP contribution in [0.2, 0.25) is 0 Å². The van der Waals surface area contributed by atoms with Crippen LogP contribution in [0.25, 0.3) is 0 Å². The van der Waals surface area contributed by atoms with Gasteiger partial charge in [0.05, 0.1) is 0 Å². The van der Waals surface area contributed by atoms with E-state index in [1.54, 1.807) is 0 Å². The highest BCUT2D eigenvalue weighted by molar-refractivity contribution is 6.33. The number of amides is 1. The zero-order chi connectivity index (χ0) is 8.43. The second-order valence-corrected chi connectivity index (χ2v) is 2.29. The first-order valence-electron chi connectivity index (χ1n) is 2.70. The Morgan fingerprint density at radius 3 is 2.73 bits per heavy atom. The molecule has 1 aliphatic heterocycles. The maximum absolute atomic E-state index is 10.7. The van der Waals surface area contributed by atoms with Gasteiger partial charge in [-0.15, -0.1) is 0 Å². The quantitative estimate of drug-likeness (QED) is 0.426. The van der Waals surface area contributed by atoms with E-state index in [-0.39, 0.29) is 5.03 Å². The molecule has 0 radical (unpaired) electrons. The Morgan fingerprint density at radius 1 is 1.73 bits per heavy atom. The van der Waals surface area contributed by atoms with Crippen molar-refractivity contribution < 1.29 is 9.72 Å². The summed E-state index contributed by atoms with van der Waals surface area (Å²) in [5.41, 5.74) is 0. The van der Waals surface area contributed by atoms with Gasteiger partial charge in [-0.05, 0) is 6.08 Å². The summed E-state index contributed by atoms with van der Waals surface area (Å²) in [5.74, 6) is -0.831. The van der Waals surface area contributed by atoms with E-state index in [1.165, 1.54) is 6.08 Å². The van der Waals surface area contributed by atoms with Gasteiger partial charge in [0.1, 0.15) is 5.03 Å². The molecule has 58 valence electrons. The molecular weight excluding hydrogens is 172 g/mol. The fourth-order valence-corrected chi connectivity index (χ4v) is 0.882. The molecule has 1 unspecified atom stereocenters. The molecule has 0 spiro atoms. The largest absolute Gasteiger partial charge is 0.327 e. The van der Waals surface area contributed by atoms with Gasteiger partial charge in [0.15, 0.2) is 0 Å². The summed E-state index contributed by atoms with van der Waals surface area (Å²) in [6.07, 6.45) is 2.38. The van der Waals surface area contributed by atoms with Crippen LogP contribution in [0.5, 0.6) is 0 Å². The van der Waals surface area contributed by atoms with Crippen LogP contribution < -0.4 is 0 Å². The minimum atomic E-state index is -1.50. The van der Waals surface area contributed by atoms with Crippen molar-refractivity contribution >= 4 is 23.7 Å². The van der Waals surface area contributed by atoms with E-state index in [2.05, 4.69) is 4.99 Å². The molecule has 1 amide bonds. The van der Waals surface area contributed by atoms with Crippen molar-refractivity contribution in [2.24, 2.45) is 4.99 Å². The van der Waals surface area contributed by atoms with Crippen LogP contribution in [-0.2, 0) is 4.79 Å². The first-order chi connectivity index (χ1) is 5.13. The minimum absolute atomic E-state index is 0.102. The molecule has 1 rings (SSSR count). The van der Waals surface area contributed by atoms with Crippen LogP contribution in [0, 0.1) is 10.1 Å². The second-order valence-electron chi connectivity index (χ2n) is 1.86. The van der Waals surface area contributed by atoms with Crippen LogP contribution in [0.15, 0.2) is 16.1 Å². The average molecular weight is 175 g/mol. The smallest absolute Gasteiger partial charge is 0.264 e. The molecule has 1 atom stereocenters. The van der Waals surface area contributed by atoms with Crippen molar-refractivity contribution in [3.63, 3.8) is 0 Å². The maximum Gasteiger partial charge on any atom is 0.327 e. The van der Waals surface area contributed by atoms with Gasteiger partial charge in [0.2, 0.25) is 0 Å². The lowest BCUT2D eigenvalue weighted by atomic mass is 10.2. The van der Waals surface area contributed by atoms with Crippen LogP contribution in [0.3, 0.4) is 0 Å². The van der Waals surface area contributed by atoms with Gasteiger partial charge in [-0.2, -0.15) is 0 Å². The van der Waals surface area contributed by atoms with Gasteiger partial charge in [0, 0.05) is 11.1 Å². The topological polar surface area (TPSA) is 72.6 Å². The summed E-state index contributed by atoms with van der Waals surface area (Å²) in [7, 11) is 0. The molecule has 11 heavy (non-hydrogen) atoms. The molecular formula is C5H3ClN2O3. The van der Waals surface area contributed by atoms with E-state index in [1.807, 2.05) is 0 Å². The Balaban J connectivity index is 2.95. The number of aliphatic imine (C=N–C) groups is 1. The molecule has 6 heteroatoms. The third-order valence-electron chi connectivity index (χ3n) is 1.14. The normalized spacial score (nSPS) is 23.2. The van der Waals surface area contributed by atoms with E-state index < -0.39 is 16.9 Å². The number of carbonyl (C=O) groups is 1. The number of halogens is 1. The number of nitrogens with zero attached hydrogens (tertiary/aromatic N) is 2. The fraction of sp³-hybridized carbons (Fsp3) is 0.200. The monoisotopic (exact) mass is 174 g/mol. The summed E-state index contributed by atoms with van der Waals surface area (Å²) < 4.78 is 0. The van der Waals surface area contributed by atoms with Gasteiger partial charge in [-0.1, -0.05) is 11.6 Å². The van der Waals surface area contributed by atoms with Crippen molar-refractivity contribution in [1.29, 1.82) is 0 Å². The van der Waals surface area contributed by atoms with Gasteiger partial charge in [-0.3, -0.25) is 14.9 Å². The van der Waals surface area contributed by atoms with Crippen LogP contribution in [-0.4, -0.2) is 23.1 Å². The van der Waals surface area contributed by atoms with Crippen molar-refractivity contribution in [1.82, 2.24) is 0 Å². The van der Waals surface area contributed by atoms with Gasteiger partial charge < -0.3 is 0 Å². The first-order valence-corrected chi connectivity index (χ1v) is 3.08. The Hall–Kier alpha value is -1.23. The SMILES string of the molecule is O=C1N=CC=C(Cl)C1[N+](=O)[O-]. The summed E-state index contributed by atoms with van der Waals surface area (Å²) in [4.78, 5) is 23.3. The zero-order valence-electron chi connectivity index (χ0n) is 5.23. The van der Waals surface area contributed by atoms with Crippen molar-refractivity contribution in [2.45, 2.75) is 6.04 Å². The molecule has 1 aliphatic rings. The molecule has 0 aromatic heterocycles. The van der Waals surface area contributed by atoms with Crippen LogP contribution >= 0.6 is 11.6 Å². The van der Waals surface area contributed by atoms with Gasteiger partial charge in [-0.25, -0.2) is 4.99 Å². The second kappa shape index (κ2) is 2.79. The molecule has 0 aromatic rings. The highest BCUT2D eigenvalue weighted by Crippen LogP contribution is 2.14. The number of dihydropyridines is 1. The summed E-state index contributed by atoms with van der Waals surface area (Å²) in [6, 6.07) is -1.50. The highest BCUT2D eigenvalue weighted by atomic mass is 35.5. The number of carbonyl (C=O) groups excluding carboxylic acids is 1. The maximum atomic E-state index is 10.7. The number of hydrogen-bond acceptors (Lipinski definition) is 3. The van der Waals surface area contributed by atoms with Crippen LogP contribution in [0.4, 0.5) is 0 Å². The van der Waals surface area contributed by atoms with Crippen LogP contribution in [0.1, 0.15) is 0 Å².